The van der Waals surface area contributed by atoms with E-state index in [0.29, 0.717) is 5.89 Å². The van der Waals surface area contributed by atoms with Gasteiger partial charge in [-0.05, 0) is 120 Å². The Bertz CT molecular complexity index is 2720. The first-order valence-corrected chi connectivity index (χ1v) is 17.3. The molecular formula is C48H33NO. The van der Waals surface area contributed by atoms with E-state index < -0.39 is 0 Å². The molecule has 9 aromatic rings. The number of hydrogen-bond acceptors (Lipinski definition) is 2. The molecule has 8 aromatic carbocycles. The van der Waals surface area contributed by atoms with Crippen LogP contribution in [0.1, 0.15) is 25.0 Å². The Morgan fingerprint density at radius 1 is 0.420 bits per heavy atom. The Morgan fingerprint density at radius 2 is 0.960 bits per heavy atom. The van der Waals surface area contributed by atoms with E-state index in [0.717, 1.165) is 16.7 Å². The summed E-state index contributed by atoms with van der Waals surface area (Å²) in [5.41, 5.74) is 15.3. The van der Waals surface area contributed by atoms with Crippen molar-refractivity contribution in [1.82, 2.24) is 4.98 Å². The van der Waals surface area contributed by atoms with Crippen molar-refractivity contribution in [3.63, 3.8) is 0 Å². The zero-order chi connectivity index (χ0) is 33.4. The number of benzene rings is 8. The zero-order valence-corrected chi connectivity index (χ0v) is 27.9. The second kappa shape index (κ2) is 10.9. The van der Waals surface area contributed by atoms with Gasteiger partial charge in [-0.15, -0.1) is 0 Å². The fraction of sp³-hybridized carbons (Fsp3) is 0.0625. The maximum Gasteiger partial charge on any atom is 0.227 e. The van der Waals surface area contributed by atoms with Gasteiger partial charge in [0.1, 0.15) is 5.52 Å². The maximum atomic E-state index is 6.04. The maximum absolute atomic E-state index is 6.04. The van der Waals surface area contributed by atoms with Crippen molar-refractivity contribution in [3.8, 4) is 56.0 Å². The van der Waals surface area contributed by atoms with Crippen LogP contribution in [0.2, 0.25) is 0 Å². The van der Waals surface area contributed by atoms with Gasteiger partial charge in [-0.2, -0.15) is 0 Å². The van der Waals surface area contributed by atoms with E-state index in [1.807, 2.05) is 24.3 Å². The fourth-order valence-corrected chi connectivity index (χ4v) is 8.22. The average Bonchev–Trinajstić information content (AvgIpc) is 3.70. The summed E-state index contributed by atoms with van der Waals surface area (Å²) in [5, 5.41) is 5.14. The molecule has 1 aromatic heterocycles. The summed E-state index contributed by atoms with van der Waals surface area (Å²) in [6, 6.07) is 59.2. The summed E-state index contributed by atoms with van der Waals surface area (Å²) in [6.07, 6.45) is 0. The molecule has 0 spiro atoms. The lowest BCUT2D eigenvalue weighted by Crippen LogP contribution is -2.15. The van der Waals surface area contributed by atoms with Gasteiger partial charge in [0.05, 0.1) is 0 Å². The van der Waals surface area contributed by atoms with Crippen LogP contribution >= 0.6 is 0 Å². The van der Waals surface area contributed by atoms with Crippen molar-refractivity contribution in [1.29, 1.82) is 0 Å². The van der Waals surface area contributed by atoms with Gasteiger partial charge < -0.3 is 4.42 Å². The van der Waals surface area contributed by atoms with Gasteiger partial charge in [0.25, 0.3) is 0 Å². The largest absolute Gasteiger partial charge is 0.436 e. The lowest BCUT2D eigenvalue weighted by atomic mass is 9.79. The molecule has 0 saturated heterocycles. The van der Waals surface area contributed by atoms with Crippen LogP contribution in [0, 0.1) is 0 Å². The highest BCUT2D eigenvalue weighted by molar-refractivity contribution is 6.22. The number of para-hydroxylation sites is 2. The van der Waals surface area contributed by atoms with E-state index in [2.05, 4.69) is 153 Å². The van der Waals surface area contributed by atoms with Crippen LogP contribution in [-0.2, 0) is 5.41 Å². The highest BCUT2D eigenvalue weighted by Crippen LogP contribution is 2.54. The van der Waals surface area contributed by atoms with Crippen LogP contribution in [0.4, 0.5) is 0 Å². The van der Waals surface area contributed by atoms with Crippen LogP contribution in [0.5, 0.6) is 0 Å². The van der Waals surface area contributed by atoms with Gasteiger partial charge in [-0.25, -0.2) is 4.98 Å². The third kappa shape index (κ3) is 4.32. The molecule has 1 heterocycles. The molecule has 50 heavy (non-hydrogen) atoms. The number of rotatable bonds is 4. The molecule has 0 fully saturated rings. The molecule has 0 amide bonds. The van der Waals surface area contributed by atoms with Crippen LogP contribution in [0.3, 0.4) is 0 Å². The highest BCUT2D eigenvalue weighted by atomic mass is 16.3. The van der Waals surface area contributed by atoms with Crippen molar-refractivity contribution in [2.24, 2.45) is 0 Å². The van der Waals surface area contributed by atoms with Gasteiger partial charge in [-0.3, -0.25) is 0 Å². The quantitative estimate of drug-likeness (QED) is 0.179. The Balaban J connectivity index is 1.16. The Kier molecular flexibility index (Phi) is 6.25. The molecule has 236 valence electrons. The second-order valence-electron chi connectivity index (χ2n) is 13.9. The zero-order valence-electron chi connectivity index (χ0n) is 27.9. The van der Waals surface area contributed by atoms with Crippen LogP contribution < -0.4 is 0 Å². The van der Waals surface area contributed by atoms with Crippen molar-refractivity contribution >= 4 is 32.6 Å². The Morgan fingerprint density at radius 3 is 1.62 bits per heavy atom. The summed E-state index contributed by atoms with van der Waals surface area (Å²) in [4.78, 5) is 4.70. The van der Waals surface area contributed by atoms with Gasteiger partial charge in [0, 0.05) is 11.0 Å². The van der Waals surface area contributed by atoms with Crippen molar-refractivity contribution in [2.75, 3.05) is 0 Å². The van der Waals surface area contributed by atoms with E-state index in [4.69, 9.17) is 9.40 Å². The minimum atomic E-state index is -0.181. The summed E-state index contributed by atoms with van der Waals surface area (Å²) >= 11 is 0. The predicted octanol–water partition coefficient (Wildman–Crippen LogP) is 13.1. The van der Waals surface area contributed by atoms with E-state index in [1.54, 1.807) is 0 Å². The number of hydrogen-bond donors (Lipinski definition) is 0. The first-order valence-electron chi connectivity index (χ1n) is 17.3. The number of nitrogens with zero attached hydrogens (tertiary/aromatic N) is 1. The number of oxazole rings is 1. The SMILES string of the molecule is CC1(C)c2cc(-c3ccc(-c4nc5ccccc5o4)cc3)ccc2-c2cc3c(-c4ccccc4)c4ccccc4c(-c4ccccc4)c3cc21. The highest BCUT2D eigenvalue weighted by Gasteiger charge is 2.36. The molecule has 10 rings (SSSR count). The molecule has 0 saturated carbocycles. The van der Waals surface area contributed by atoms with Gasteiger partial charge >= 0.3 is 0 Å². The molecular weight excluding hydrogens is 607 g/mol. The molecule has 1 aliphatic carbocycles. The molecule has 0 unspecified atom stereocenters. The molecule has 0 bridgehead atoms. The topological polar surface area (TPSA) is 26.0 Å². The number of fused-ring (bicyclic) bond motifs is 6. The Labute approximate surface area is 291 Å². The normalized spacial score (nSPS) is 13.2. The third-order valence-electron chi connectivity index (χ3n) is 10.7. The summed E-state index contributed by atoms with van der Waals surface area (Å²) in [7, 11) is 0. The van der Waals surface area contributed by atoms with Gasteiger partial charge in [0.15, 0.2) is 5.58 Å². The summed E-state index contributed by atoms with van der Waals surface area (Å²) in [6.45, 7) is 4.76. The van der Waals surface area contributed by atoms with Crippen molar-refractivity contribution < 1.29 is 4.42 Å². The lowest BCUT2D eigenvalue weighted by Gasteiger charge is -2.24. The molecule has 0 radical (unpaired) electrons. The van der Waals surface area contributed by atoms with Gasteiger partial charge in [0.2, 0.25) is 5.89 Å². The summed E-state index contributed by atoms with van der Waals surface area (Å²) < 4.78 is 6.04. The molecule has 0 aliphatic heterocycles. The van der Waals surface area contributed by atoms with Crippen LogP contribution in [-0.4, -0.2) is 4.98 Å². The van der Waals surface area contributed by atoms with Crippen molar-refractivity contribution in [2.45, 2.75) is 19.3 Å². The van der Waals surface area contributed by atoms with Crippen LogP contribution in [0.15, 0.2) is 168 Å². The minimum Gasteiger partial charge on any atom is -0.436 e. The minimum absolute atomic E-state index is 0.181. The van der Waals surface area contributed by atoms with E-state index >= 15 is 0 Å². The molecule has 0 N–H and O–H groups in total. The first kappa shape index (κ1) is 28.7. The summed E-state index contributed by atoms with van der Waals surface area (Å²) in [5.74, 6) is 0.646. The Hall–Kier alpha value is -6.25. The average molecular weight is 640 g/mol. The van der Waals surface area contributed by atoms with E-state index in [1.165, 1.54) is 77.2 Å². The molecule has 2 heteroatoms. The number of aromatic nitrogens is 1. The smallest absolute Gasteiger partial charge is 0.227 e. The lowest BCUT2D eigenvalue weighted by molar-refractivity contribution is 0.620. The predicted molar refractivity (Wildman–Crippen MR) is 208 cm³/mol. The third-order valence-corrected chi connectivity index (χ3v) is 10.7. The van der Waals surface area contributed by atoms with E-state index in [9.17, 15) is 0 Å². The van der Waals surface area contributed by atoms with Crippen LogP contribution in [0.25, 0.3) is 88.6 Å². The molecule has 1 aliphatic rings. The standard InChI is InChI=1S/C48H33NO/c1-48(2)41-27-34(30-21-23-33(24-22-30)47-49-43-19-11-12-20-44(43)50-47)25-26-35(41)38-28-39-40(29-42(38)48)46(32-15-7-4-8-16-32)37-18-10-9-17-36(37)45(39)31-13-5-3-6-14-31/h3-29H,1-2H3. The molecule has 2 nitrogen and oxygen atoms in total. The second-order valence-corrected chi connectivity index (χ2v) is 13.9. The fourth-order valence-electron chi connectivity index (χ4n) is 8.22. The van der Waals surface area contributed by atoms with E-state index in [-0.39, 0.29) is 5.41 Å². The monoisotopic (exact) mass is 639 g/mol. The van der Waals surface area contributed by atoms with Gasteiger partial charge in [-0.1, -0.05) is 135 Å². The first-order chi connectivity index (χ1) is 24.5. The molecule has 0 atom stereocenters. The van der Waals surface area contributed by atoms with Crippen molar-refractivity contribution in [3.05, 3.63) is 175 Å².